The lowest BCUT2D eigenvalue weighted by atomic mass is 10.1. The van der Waals surface area contributed by atoms with Crippen LogP contribution in [0, 0.1) is 0 Å². The molecule has 4 nitrogen and oxygen atoms in total. The number of unbranched alkanes of at least 4 members (excludes halogenated alkanes) is 9. The SMILES string of the molecule is CCCCCCCCCC(=O)Oc1ccc(-c2cnc(CCCCCC)cn2)cc1. The Morgan fingerprint density at radius 2 is 1.40 bits per heavy atom. The van der Waals surface area contributed by atoms with Gasteiger partial charge in [0.25, 0.3) is 0 Å². The standard InChI is InChI=1S/C26H38N2O2/c1-3-5-7-9-10-11-13-15-26(29)30-24-18-16-22(17-19-24)25-21-27-23(20-28-25)14-12-8-6-4-2/h16-21H,3-15H2,1-2H3. The van der Waals surface area contributed by atoms with Gasteiger partial charge >= 0.3 is 5.97 Å². The van der Waals surface area contributed by atoms with E-state index in [9.17, 15) is 4.79 Å². The van der Waals surface area contributed by atoms with Gasteiger partial charge in [-0.25, -0.2) is 0 Å². The summed E-state index contributed by atoms with van der Waals surface area (Å²) in [5, 5.41) is 0. The molecule has 1 aromatic heterocycles. The van der Waals surface area contributed by atoms with Crippen LogP contribution in [-0.2, 0) is 11.2 Å². The van der Waals surface area contributed by atoms with Crippen LogP contribution in [-0.4, -0.2) is 15.9 Å². The molecule has 1 aromatic carbocycles. The topological polar surface area (TPSA) is 52.1 Å². The van der Waals surface area contributed by atoms with Crippen LogP contribution >= 0.6 is 0 Å². The van der Waals surface area contributed by atoms with Crippen molar-refractivity contribution in [3.05, 3.63) is 42.4 Å². The molecule has 2 rings (SSSR count). The zero-order valence-corrected chi connectivity index (χ0v) is 18.9. The predicted molar refractivity (Wildman–Crippen MR) is 124 cm³/mol. The number of hydrogen-bond donors (Lipinski definition) is 0. The molecule has 2 aromatic rings. The molecule has 1 heterocycles. The van der Waals surface area contributed by atoms with Gasteiger partial charge in [-0.05, 0) is 43.5 Å². The lowest BCUT2D eigenvalue weighted by Gasteiger charge is -2.06. The van der Waals surface area contributed by atoms with E-state index in [0.717, 1.165) is 36.2 Å². The number of aryl methyl sites for hydroxylation is 1. The second-order valence-corrected chi connectivity index (χ2v) is 8.07. The Bertz CT molecular complexity index is 711. The van der Waals surface area contributed by atoms with Gasteiger partial charge in [-0.2, -0.15) is 0 Å². The van der Waals surface area contributed by atoms with Crippen LogP contribution in [0.5, 0.6) is 5.75 Å². The Hall–Kier alpha value is -2.23. The van der Waals surface area contributed by atoms with Crippen molar-refractivity contribution in [3.63, 3.8) is 0 Å². The lowest BCUT2D eigenvalue weighted by molar-refractivity contribution is -0.134. The Morgan fingerprint density at radius 1 is 0.767 bits per heavy atom. The highest BCUT2D eigenvalue weighted by molar-refractivity contribution is 5.72. The molecule has 0 bridgehead atoms. The fourth-order valence-electron chi connectivity index (χ4n) is 3.47. The zero-order valence-electron chi connectivity index (χ0n) is 18.9. The number of aromatic nitrogens is 2. The van der Waals surface area contributed by atoms with Crippen molar-refractivity contribution >= 4 is 5.97 Å². The molecule has 0 saturated heterocycles. The number of benzene rings is 1. The summed E-state index contributed by atoms with van der Waals surface area (Å²) in [5.41, 5.74) is 2.87. The zero-order chi connectivity index (χ0) is 21.4. The Labute approximate surface area is 182 Å². The largest absolute Gasteiger partial charge is 0.427 e. The summed E-state index contributed by atoms with van der Waals surface area (Å²) < 4.78 is 5.46. The maximum atomic E-state index is 12.0. The summed E-state index contributed by atoms with van der Waals surface area (Å²) in [6.07, 6.45) is 18.5. The second kappa shape index (κ2) is 14.7. The van der Waals surface area contributed by atoms with Gasteiger partial charge in [-0.15, -0.1) is 0 Å². The van der Waals surface area contributed by atoms with Crippen molar-refractivity contribution in [2.75, 3.05) is 0 Å². The Kier molecular flexibility index (Phi) is 11.8. The number of esters is 1. The summed E-state index contributed by atoms with van der Waals surface area (Å²) in [6.45, 7) is 4.44. The van der Waals surface area contributed by atoms with E-state index in [1.807, 2.05) is 36.7 Å². The molecule has 0 aliphatic rings. The molecule has 0 fully saturated rings. The maximum absolute atomic E-state index is 12.0. The average molecular weight is 411 g/mol. The van der Waals surface area contributed by atoms with E-state index in [0.29, 0.717) is 12.2 Å². The summed E-state index contributed by atoms with van der Waals surface area (Å²) in [7, 11) is 0. The maximum Gasteiger partial charge on any atom is 0.311 e. The Morgan fingerprint density at radius 3 is 2.03 bits per heavy atom. The quantitative estimate of drug-likeness (QED) is 0.175. The number of hydrogen-bond acceptors (Lipinski definition) is 4. The lowest BCUT2D eigenvalue weighted by Crippen LogP contribution is -2.07. The normalized spacial score (nSPS) is 10.9. The molecule has 30 heavy (non-hydrogen) atoms. The third kappa shape index (κ3) is 9.51. The molecule has 0 N–H and O–H groups in total. The number of rotatable bonds is 15. The van der Waals surface area contributed by atoms with Crippen molar-refractivity contribution in [2.45, 2.75) is 97.3 Å². The molecule has 0 unspecified atom stereocenters. The summed E-state index contributed by atoms with van der Waals surface area (Å²) in [4.78, 5) is 21.1. The molecular formula is C26H38N2O2. The summed E-state index contributed by atoms with van der Waals surface area (Å²) in [6, 6.07) is 7.53. The average Bonchev–Trinajstić information content (AvgIpc) is 2.77. The monoisotopic (exact) mass is 410 g/mol. The Balaban J connectivity index is 1.72. The highest BCUT2D eigenvalue weighted by Gasteiger charge is 2.06. The third-order valence-corrected chi connectivity index (χ3v) is 5.36. The number of carbonyl (C=O) groups excluding carboxylic acids is 1. The van der Waals surface area contributed by atoms with Crippen LogP contribution in [0.15, 0.2) is 36.7 Å². The van der Waals surface area contributed by atoms with Gasteiger partial charge in [-0.3, -0.25) is 14.8 Å². The van der Waals surface area contributed by atoms with Crippen LogP contribution < -0.4 is 4.74 Å². The molecule has 0 amide bonds. The predicted octanol–water partition coefficient (Wildman–Crippen LogP) is 7.31. The minimum Gasteiger partial charge on any atom is -0.427 e. The van der Waals surface area contributed by atoms with Crippen LogP contribution in [0.4, 0.5) is 0 Å². The first-order valence-electron chi connectivity index (χ1n) is 11.8. The molecule has 0 saturated carbocycles. The molecule has 164 valence electrons. The molecule has 4 heteroatoms. The fraction of sp³-hybridized carbons (Fsp3) is 0.577. The van der Waals surface area contributed by atoms with Gasteiger partial charge in [0.2, 0.25) is 0 Å². The van der Waals surface area contributed by atoms with E-state index in [-0.39, 0.29) is 5.97 Å². The first kappa shape index (κ1) is 24.0. The van der Waals surface area contributed by atoms with E-state index in [1.54, 1.807) is 0 Å². The van der Waals surface area contributed by atoms with Gasteiger partial charge in [0.1, 0.15) is 5.75 Å². The van der Waals surface area contributed by atoms with Gasteiger partial charge in [0.15, 0.2) is 0 Å². The van der Waals surface area contributed by atoms with Crippen LogP contribution in [0.3, 0.4) is 0 Å². The molecule has 0 radical (unpaired) electrons. The van der Waals surface area contributed by atoms with Crippen molar-refractivity contribution in [2.24, 2.45) is 0 Å². The molecular weight excluding hydrogens is 372 g/mol. The van der Waals surface area contributed by atoms with Crippen LogP contribution in [0.25, 0.3) is 11.3 Å². The molecule has 0 aliphatic carbocycles. The van der Waals surface area contributed by atoms with Gasteiger partial charge in [0.05, 0.1) is 17.6 Å². The van der Waals surface area contributed by atoms with Crippen LogP contribution in [0.1, 0.15) is 96.6 Å². The van der Waals surface area contributed by atoms with E-state index >= 15 is 0 Å². The van der Waals surface area contributed by atoms with E-state index < -0.39 is 0 Å². The van der Waals surface area contributed by atoms with E-state index in [2.05, 4.69) is 23.8 Å². The highest BCUT2D eigenvalue weighted by Crippen LogP contribution is 2.21. The van der Waals surface area contributed by atoms with Gasteiger partial charge < -0.3 is 4.74 Å². The smallest absolute Gasteiger partial charge is 0.311 e. The van der Waals surface area contributed by atoms with Crippen molar-refractivity contribution < 1.29 is 9.53 Å². The van der Waals surface area contributed by atoms with Crippen LogP contribution in [0.2, 0.25) is 0 Å². The molecule has 0 atom stereocenters. The van der Waals surface area contributed by atoms with Gasteiger partial charge in [0, 0.05) is 18.2 Å². The van der Waals surface area contributed by atoms with E-state index in [4.69, 9.17) is 4.74 Å². The minimum absolute atomic E-state index is 0.150. The van der Waals surface area contributed by atoms with Crippen molar-refractivity contribution in [1.29, 1.82) is 0 Å². The summed E-state index contributed by atoms with van der Waals surface area (Å²) in [5.74, 6) is 0.440. The third-order valence-electron chi connectivity index (χ3n) is 5.36. The fourth-order valence-corrected chi connectivity index (χ4v) is 3.47. The van der Waals surface area contributed by atoms with Gasteiger partial charge in [-0.1, -0.05) is 71.6 Å². The van der Waals surface area contributed by atoms with Crippen molar-refractivity contribution in [1.82, 2.24) is 9.97 Å². The number of carbonyl (C=O) groups is 1. The molecule has 0 aliphatic heterocycles. The minimum atomic E-state index is -0.150. The first-order valence-corrected chi connectivity index (χ1v) is 11.8. The molecule has 0 spiro atoms. The van der Waals surface area contributed by atoms with E-state index in [1.165, 1.54) is 57.8 Å². The second-order valence-electron chi connectivity index (χ2n) is 8.07. The number of ether oxygens (including phenoxy) is 1. The first-order chi connectivity index (χ1) is 14.7. The highest BCUT2D eigenvalue weighted by atomic mass is 16.5. The summed E-state index contributed by atoms with van der Waals surface area (Å²) >= 11 is 0. The van der Waals surface area contributed by atoms with Crippen molar-refractivity contribution in [3.8, 4) is 17.0 Å². The number of nitrogens with zero attached hydrogens (tertiary/aromatic N) is 2.